The van der Waals surface area contributed by atoms with E-state index >= 15 is 0 Å². The number of nitrogens with zero attached hydrogens (tertiary/aromatic N) is 1. The SMILES string of the molecule is CC(C)Cn1c(=O)c(N)c(O)c2ccccc21. The second-order valence-electron chi connectivity index (χ2n) is 4.59. The average molecular weight is 232 g/mol. The molecule has 0 bridgehead atoms. The van der Waals surface area contributed by atoms with Gasteiger partial charge in [0.25, 0.3) is 5.56 Å². The maximum absolute atomic E-state index is 12.0. The van der Waals surface area contributed by atoms with E-state index in [1.54, 1.807) is 10.6 Å². The summed E-state index contributed by atoms with van der Waals surface area (Å²) in [6.45, 7) is 4.65. The number of aromatic hydroxyl groups is 1. The number of pyridine rings is 1. The Morgan fingerprint density at radius 1 is 1.35 bits per heavy atom. The Bertz CT molecular complexity index is 615. The number of nitrogens with two attached hydrogens (primary N) is 1. The molecule has 0 aliphatic rings. The predicted octanol–water partition coefficient (Wildman–Crippen LogP) is 1.95. The van der Waals surface area contributed by atoms with Gasteiger partial charge in [-0.05, 0) is 18.1 Å². The highest BCUT2D eigenvalue weighted by Gasteiger charge is 2.13. The Balaban J connectivity index is 2.85. The highest BCUT2D eigenvalue weighted by atomic mass is 16.3. The molecule has 0 unspecified atom stereocenters. The molecule has 0 saturated carbocycles. The fourth-order valence-corrected chi connectivity index (χ4v) is 1.96. The van der Waals surface area contributed by atoms with Crippen LogP contribution < -0.4 is 11.3 Å². The third-order valence-corrected chi connectivity index (χ3v) is 2.73. The van der Waals surface area contributed by atoms with Crippen LogP contribution in [0.15, 0.2) is 29.1 Å². The first kappa shape index (κ1) is 11.5. The van der Waals surface area contributed by atoms with Crippen molar-refractivity contribution in [3.05, 3.63) is 34.6 Å². The first-order valence-corrected chi connectivity index (χ1v) is 5.62. The van der Waals surface area contributed by atoms with E-state index in [0.29, 0.717) is 17.8 Å². The van der Waals surface area contributed by atoms with Crippen molar-refractivity contribution in [3.63, 3.8) is 0 Å². The van der Waals surface area contributed by atoms with E-state index in [1.807, 2.05) is 32.0 Å². The zero-order valence-electron chi connectivity index (χ0n) is 9.97. The molecule has 4 nitrogen and oxygen atoms in total. The molecule has 4 heteroatoms. The number of hydrogen-bond acceptors (Lipinski definition) is 3. The number of nitrogen functional groups attached to an aromatic ring is 1. The van der Waals surface area contributed by atoms with Crippen LogP contribution in [-0.2, 0) is 6.54 Å². The summed E-state index contributed by atoms with van der Waals surface area (Å²) in [4.78, 5) is 12.0. The number of benzene rings is 1. The molecule has 0 saturated heterocycles. The lowest BCUT2D eigenvalue weighted by atomic mass is 10.1. The predicted molar refractivity (Wildman–Crippen MR) is 69.1 cm³/mol. The van der Waals surface area contributed by atoms with Crippen molar-refractivity contribution >= 4 is 16.6 Å². The molecule has 1 aromatic heterocycles. The summed E-state index contributed by atoms with van der Waals surface area (Å²) in [7, 11) is 0. The van der Waals surface area contributed by atoms with Crippen LogP contribution in [0, 0.1) is 5.92 Å². The third-order valence-electron chi connectivity index (χ3n) is 2.73. The van der Waals surface area contributed by atoms with Crippen molar-refractivity contribution in [3.8, 4) is 5.75 Å². The number of fused-ring (bicyclic) bond motifs is 1. The minimum absolute atomic E-state index is 0.0793. The van der Waals surface area contributed by atoms with Crippen LogP contribution in [0.25, 0.3) is 10.9 Å². The normalized spacial score (nSPS) is 11.2. The minimum atomic E-state index is -0.324. The first-order valence-electron chi connectivity index (χ1n) is 5.62. The Kier molecular flexibility index (Phi) is 2.79. The molecule has 0 atom stereocenters. The van der Waals surface area contributed by atoms with E-state index in [4.69, 9.17) is 5.73 Å². The van der Waals surface area contributed by atoms with E-state index in [2.05, 4.69) is 0 Å². The third kappa shape index (κ3) is 1.86. The molecule has 0 amide bonds. The van der Waals surface area contributed by atoms with E-state index in [0.717, 1.165) is 5.52 Å². The van der Waals surface area contributed by atoms with E-state index < -0.39 is 0 Å². The lowest BCUT2D eigenvalue weighted by Crippen LogP contribution is -2.25. The number of anilines is 1. The van der Waals surface area contributed by atoms with Gasteiger partial charge in [0.05, 0.1) is 5.52 Å². The summed E-state index contributed by atoms with van der Waals surface area (Å²) >= 11 is 0. The molecule has 0 aliphatic carbocycles. The van der Waals surface area contributed by atoms with Gasteiger partial charge in [-0.3, -0.25) is 4.79 Å². The average Bonchev–Trinajstić information content (AvgIpc) is 2.31. The summed E-state index contributed by atoms with van der Waals surface area (Å²) in [5.74, 6) is 0.214. The minimum Gasteiger partial charge on any atom is -0.505 e. The second kappa shape index (κ2) is 4.13. The quantitative estimate of drug-likeness (QED) is 0.831. The summed E-state index contributed by atoms with van der Waals surface area (Å²) in [6.07, 6.45) is 0. The number of para-hydroxylation sites is 1. The summed E-state index contributed by atoms with van der Waals surface area (Å²) < 4.78 is 1.62. The highest BCUT2D eigenvalue weighted by molar-refractivity contribution is 5.89. The van der Waals surface area contributed by atoms with Crippen molar-refractivity contribution in [2.24, 2.45) is 5.92 Å². The Hall–Kier alpha value is -1.97. The first-order chi connectivity index (χ1) is 8.02. The van der Waals surface area contributed by atoms with Gasteiger partial charge in [0.2, 0.25) is 0 Å². The smallest absolute Gasteiger partial charge is 0.278 e. The fraction of sp³-hybridized carbons (Fsp3) is 0.308. The van der Waals surface area contributed by atoms with E-state index in [9.17, 15) is 9.90 Å². The summed E-state index contributed by atoms with van der Waals surface area (Å²) in [6, 6.07) is 7.23. The lowest BCUT2D eigenvalue weighted by molar-refractivity contribution is 0.477. The molecule has 0 spiro atoms. The van der Waals surface area contributed by atoms with Gasteiger partial charge in [-0.2, -0.15) is 0 Å². The van der Waals surface area contributed by atoms with Gasteiger partial charge < -0.3 is 15.4 Å². The van der Waals surface area contributed by atoms with Gasteiger partial charge in [0, 0.05) is 11.9 Å². The second-order valence-corrected chi connectivity index (χ2v) is 4.59. The van der Waals surface area contributed by atoms with Gasteiger partial charge in [0.15, 0.2) is 5.75 Å². The molecule has 0 fully saturated rings. The van der Waals surface area contributed by atoms with Crippen molar-refractivity contribution < 1.29 is 5.11 Å². The molecule has 1 heterocycles. The number of rotatable bonds is 2. The molecule has 90 valence electrons. The Labute approximate surface area is 99.3 Å². The maximum Gasteiger partial charge on any atom is 0.278 e. The molecule has 1 aromatic carbocycles. The summed E-state index contributed by atoms with van der Waals surface area (Å²) in [5.41, 5.74) is 5.96. The van der Waals surface area contributed by atoms with Crippen LogP contribution in [0.4, 0.5) is 5.69 Å². The molecule has 17 heavy (non-hydrogen) atoms. The topological polar surface area (TPSA) is 68.2 Å². The molecular weight excluding hydrogens is 216 g/mol. The standard InChI is InChI=1S/C13H16N2O2/c1-8(2)7-15-10-6-4-3-5-9(10)12(16)11(14)13(15)17/h3-6,8,16H,7,14H2,1-2H3. The Morgan fingerprint density at radius 3 is 2.65 bits per heavy atom. The fourth-order valence-electron chi connectivity index (χ4n) is 1.96. The molecule has 0 aliphatic heterocycles. The van der Waals surface area contributed by atoms with Gasteiger partial charge in [-0.1, -0.05) is 26.0 Å². The molecule has 0 radical (unpaired) electrons. The molecule has 2 aromatic rings. The van der Waals surface area contributed by atoms with Gasteiger partial charge in [-0.15, -0.1) is 0 Å². The lowest BCUT2D eigenvalue weighted by Gasteiger charge is -2.14. The summed E-state index contributed by atoms with van der Waals surface area (Å²) in [5, 5.41) is 10.5. The monoisotopic (exact) mass is 232 g/mol. The van der Waals surface area contributed by atoms with Crippen molar-refractivity contribution in [2.45, 2.75) is 20.4 Å². The molecule has 2 rings (SSSR count). The van der Waals surface area contributed by atoms with Crippen LogP contribution in [0.1, 0.15) is 13.8 Å². The number of aromatic nitrogens is 1. The van der Waals surface area contributed by atoms with Gasteiger partial charge >= 0.3 is 0 Å². The van der Waals surface area contributed by atoms with E-state index in [-0.39, 0.29) is 17.0 Å². The Morgan fingerprint density at radius 2 is 2.00 bits per heavy atom. The van der Waals surface area contributed by atoms with Gasteiger partial charge in [0.1, 0.15) is 5.69 Å². The maximum atomic E-state index is 12.0. The molecule has 3 N–H and O–H groups in total. The zero-order chi connectivity index (χ0) is 12.6. The van der Waals surface area contributed by atoms with E-state index in [1.165, 1.54) is 0 Å². The molecular formula is C13H16N2O2. The van der Waals surface area contributed by atoms with Crippen LogP contribution >= 0.6 is 0 Å². The highest BCUT2D eigenvalue weighted by Crippen LogP contribution is 2.27. The van der Waals surface area contributed by atoms with Crippen LogP contribution in [-0.4, -0.2) is 9.67 Å². The van der Waals surface area contributed by atoms with Crippen molar-refractivity contribution in [1.82, 2.24) is 4.57 Å². The zero-order valence-corrected chi connectivity index (χ0v) is 9.97. The van der Waals surface area contributed by atoms with Crippen molar-refractivity contribution in [1.29, 1.82) is 0 Å². The van der Waals surface area contributed by atoms with Crippen LogP contribution in [0.2, 0.25) is 0 Å². The van der Waals surface area contributed by atoms with Gasteiger partial charge in [-0.25, -0.2) is 0 Å². The van der Waals surface area contributed by atoms with Crippen molar-refractivity contribution in [2.75, 3.05) is 5.73 Å². The number of hydrogen-bond donors (Lipinski definition) is 2. The van der Waals surface area contributed by atoms with Crippen LogP contribution in [0.5, 0.6) is 5.75 Å². The largest absolute Gasteiger partial charge is 0.505 e. The van der Waals surface area contributed by atoms with Crippen LogP contribution in [0.3, 0.4) is 0 Å².